The van der Waals surface area contributed by atoms with Gasteiger partial charge in [0.05, 0.1) is 0 Å². The van der Waals surface area contributed by atoms with Gasteiger partial charge in [-0.25, -0.2) is 0 Å². The molecule has 5 heteroatoms. The molecule has 0 radical (unpaired) electrons. The SMILES string of the molecule is CC(C)(C)NC[C@@H](O)COc1cccc2c1CCCC2=O.Cl. The van der Waals surface area contributed by atoms with E-state index in [0.717, 1.165) is 29.7 Å². The van der Waals surface area contributed by atoms with Crippen LogP contribution in [0.5, 0.6) is 5.75 Å². The summed E-state index contributed by atoms with van der Waals surface area (Å²) < 4.78 is 5.74. The Kier molecular flexibility index (Phi) is 6.85. The van der Waals surface area contributed by atoms with Crippen LogP contribution in [0.1, 0.15) is 49.5 Å². The third-order valence-electron chi connectivity index (χ3n) is 3.56. The number of carbonyl (C=O) groups excluding carboxylic acids is 1. The molecule has 0 bridgehead atoms. The third kappa shape index (κ3) is 5.27. The molecule has 1 atom stereocenters. The molecule has 0 saturated heterocycles. The fraction of sp³-hybridized carbons (Fsp3) is 0.588. The van der Waals surface area contributed by atoms with Crippen LogP contribution >= 0.6 is 12.4 Å². The molecule has 0 saturated carbocycles. The van der Waals surface area contributed by atoms with Crippen molar-refractivity contribution in [2.45, 2.75) is 51.7 Å². The first kappa shape index (κ1) is 18.9. The second kappa shape index (κ2) is 7.95. The molecule has 2 rings (SSSR count). The van der Waals surface area contributed by atoms with E-state index < -0.39 is 6.10 Å². The first-order chi connectivity index (χ1) is 9.87. The van der Waals surface area contributed by atoms with E-state index in [1.54, 1.807) is 0 Å². The highest BCUT2D eigenvalue weighted by Crippen LogP contribution is 2.29. The number of aliphatic hydroxyl groups is 1. The topological polar surface area (TPSA) is 58.6 Å². The fourth-order valence-electron chi connectivity index (χ4n) is 2.45. The summed E-state index contributed by atoms with van der Waals surface area (Å²) in [6, 6.07) is 5.58. The number of hydrogen-bond donors (Lipinski definition) is 2. The van der Waals surface area contributed by atoms with Crippen LogP contribution in [0, 0.1) is 0 Å². The quantitative estimate of drug-likeness (QED) is 0.873. The highest BCUT2D eigenvalue weighted by Gasteiger charge is 2.20. The molecule has 0 spiro atoms. The van der Waals surface area contributed by atoms with Crippen LogP contribution in [0.2, 0.25) is 0 Å². The van der Waals surface area contributed by atoms with Gasteiger partial charge in [-0.1, -0.05) is 12.1 Å². The Balaban J connectivity index is 0.00000242. The number of carbonyl (C=O) groups is 1. The summed E-state index contributed by atoms with van der Waals surface area (Å²) in [4.78, 5) is 11.9. The van der Waals surface area contributed by atoms with Crippen molar-refractivity contribution in [1.82, 2.24) is 5.32 Å². The Bertz CT molecular complexity index is 511. The van der Waals surface area contributed by atoms with Gasteiger partial charge in [-0.2, -0.15) is 0 Å². The summed E-state index contributed by atoms with van der Waals surface area (Å²) in [6.45, 7) is 6.88. The average molecular weight is 328 g/mol. The molecule has 0 aliphatic heterocycles. The van der Waals surface area contributed by atoms with Gasteiger partial charge in [0.25, 0.3) is 0 Å². The number of rotatable bonds is 5. The smallest absolute Gasteiger partial charge is 0.163 e. The second-order valence-electron chi connectivity index (χ2n) is 6.65. The zero-order chi connectivity index (χ0) is 15.5. The lowest BCUT2D eigenvalue weighted by Crippen LogP contribution is -2.42. The van der Waals surface area contributed by atoms with Gasteiger partial charge in [0.2, 0.25) is 0 Å². The minimum Gasteiger partial charge on any atom is -0.491 e. The molecule has 2 N–H and O–H groups in total. The molecule has 0 amide bonds. The standard InChI is InChI=1S/C17H25NO3.ClH/c1-17(2,3)18-10-12(19)11-21-16-9-5-6-13-14(16)7-4-8-15(13)20;/h5-6,9,12,18-19H,4,7-8,10-11H2,1-3H3;1H/t12-;/m1./s1. The van der Waals surface area contributed by atoms with Crippen molar-refractivity contribution in [3.05, 3.63) is 29.3 Å². The summed E-state index contributed by atoms with van der Waals surface area (Å²) in [6.07, 6.45) is 1.79. The van der Waals surface area contributed by atoms with E-state index in [0.29, 0.717) is 13.0 Å². The number of ketones is 1. The Hall–Kier alpha value is -1.10. The molecule has 1 aromatic rings. The van der Waals surface area contributed by atoms with Gasteiger partial charge in [-0.05, 0) is 39.7 Å². The van der Waals surface area contributed by atoms with Crippen LogP contribution in [-0.2, 0) is 6.42 Å². The van der Waals surface area contributed by atoms with Gasteiger partial charge in [-0.3, -0.25) is 4.79 Å². The number of Topliss-reactive ketones (excluding diaryl/α,β-unsaturated/α-hetero) is 1. The Morgan fingerprint density at radius 1 is 1.32 bits per heavy atom. The van der Waals surface area contributed by atoms with E-state index in [1.807, 2.05) is 18.2 Å². The molecule has 1 aliphatic rings. The zero-order valence-corrected chi connectivity index (χ0v) is 14.3. The second-order valence-corrected chi connectivity index (χ2v) is 6.65. The summed E-state index contributed by atoms with van der Waals surface area (Å²) in [5.41, 5.74) is 1.74. The van der Waals surface area contributed by atoms with Crippen LogP contribution in [0.15, 0.2) is 18.2 Å². The van der Waals surface area contributed by atoms with E-state index in [9.17, 15) is 9.90 Å². The number of ether oxygens (including phenoxy) is 1. The van der Waals surface area contributed by atoms with Crippen LogP contribution in [0.4, 0.5) is 0 Å². The molecule has 0 heterocycles. The Morgan fingerprint density at radius 3 is 2.73 bits per heavy atom. The molecule has 0 fully saturated rings. The van der Waals surface area contributed by atoms with Gasteiger partial charge in [-0.15, -0.1) is 12.4 Å². The van der Waals surface area contributed by atoms with Crippen molar-refractivity contribution < 1.29 is 14.6 Å². The summed E-state index contributed by atoms with van der Waals surface area (Å²) in [5.74, 6) is 0.923. The van der Waals surface area contributed by atoms with E-state index in [4.69, 9.17) is 4.74 Å². The summed E-state index contributed by atoms with van der Waals surface area (Å²) in [5, 5.41) is 13.2. The van der Waals surface area contributed by atoms with Gasteiger partial charge >= 0.3 is 0 Å². The summed E-state index contributed by atoms with van der Waals surface area (Å²) in [7, 11) is 0. The first-order valence-corrected chi connectivity index (χ1v) is 7.58. The normalized spacial score (nSPS) is 15.7. The molecular formula is C17H26ClNO3. The average Bonchev–Trinajstić information content (AvgIpc) is 2.42. The van der Waals surface area contributed by atoms with Crippen LogP contribution < -0.4 is 10.1 Å². The Morgan fingerprint density at radius 2 is 2.05 bits per heavy atom. The molecule has 1 aromatic carbocycles. The van der Waals surface area contributed by atoms with Crippen molar-refractivity contribution in [3.63, 3.8) is 0 Å². The molecule has 0 aromatic heterocycles. The molecule has 22 heavy (non-hydrogen) atoms. The van der Waals surface area contributed by atoms with E-state index in [-0.39, 0.29) is 30.3 Å². The van der Waals surface area contributed by atoms with Gasteiger partial charge in [0.15, 0.2) is 5.78 Å². The number of nitrogens with one attached hydrogen (secondary N) is 1. The third-order valence-corrected chi connectivity index (χ3v) is 3.56. The van der Waals surface area contributed by atoms with Crippen LogP contribution in [-0.4, -0.2) is 35.7 Å². The molecule has 4 nitrogen and oxygen atoms in total. The lowest BCUT2D eigenvalue weighted by Gasteiger charge is -2.24. The Labute approximate surface area is 138 Å². The van der Waals surface area contributed by atoms with E-state index in [2.05, 4.69) is 26.1 Å². The number of aliphatic hydroxyl groups excluding tert-OH is 1. The molecule has 124 valence electrons. The van der Waals surface area contributed by atoms with Crippen molar-refractivity contribution in [3.8, 4) is 5.75 Å². The molecule has 0 unspecified atom stereocenters. The van der Waals surface area contributed by atoms with Crippen molar-refractivity contribution >= 4 is 18.2 Å². The highest BCUT2D eigenvalue weighted by atomic mass is 35.5. The van der Waals surface area contributed by atoms with Crippen LogP contribution in [0.25, 0.3) is 0 Å². The minimum atomic E-state index is -0.570. The molecular weight excluding hydrogens is 302 g/mol. The highest BCUT2D eigenvalue weighted by molar-refractivity contribution is 5.99. The fourth-order valence-corrected chi connectivity index (χ4v) is 2.45. The monoisotopic (exact) mass is 327 g/mol. The maximum Gasteiger partial charge on any atom is 0.163 e. The predicted molar refractivity (Wildman–Crippen MR) is 90.2 cm³/mol. The number of benzene rings is 1. The lowest BCUT2D eigenvalue weighted by molar-refractivity contribution is 0.0957. The van der Waals surface area contributed by atoms with Gasteiger partial charge in [0.1, 0.15) is 18.5 Å². The summed E-state index contributed by atoms with van der Waals surface area (Å²) >= 11 is 0. The first-order valence-electron chi connectivity index (χ1n) is 7.58. The van der Waals surface area contributed by atoms with E-state index in [1.165, 1.54) is 0 Å². The maximum absolute atomic E-state index is 11.9. The predicted octanol–water partition coefficient (Wildman–Crippen LogP) is 2.76. The number of halogens is 1. The largest absolute Gasteiger partial charge is 0.491 e. The lowest BCUT2D eigenvalue weighted by atomic mass is 9.90. The van der Waals surface area contributed by atoms with Crippen molar-refractivity contribution in [2.24, 2.45) is 0 Å². The van der Waals surface area contributed by atoms with Crippen molar-refractivity contribution in [1.29, 1.82) is 0 Å². The van der Waals surface area contributed by atoms with Gasteiger partial charge in [0, 0.05) is 29.6 Å². The molecule has 1 aliphatic carbocycles. The minimum absolute atomic E-state index is 0. The number of β-amino-alcohol motifs (C(OH)–C–C–N with tert-alkyl or cyclic N) is 1. The zero-order valence-electron chi connectivity index (χ0n) is 13.5. The van der Waals surface area contributed by atoms with Gasteiger partial charge < -0.3 is 15.2 Å². The maximum atomic E-state index is 11.9. The number of hydrogen-bond acceptors (Lipinski definition) is 4. The van der Waals surface area contributed by atoms with Crippen molar-refractivity contribution in [2.75, 3.05) is 13.2 Å². The number of fused-ring (bicyclic) bond motifs is 1. The van der Waals surface area contributed by atoms with Crippen LogP contribution in [0.3, 0.4) is 0 Å². The van der Waals surface area contributed by atoms with E-state index >= 15 is 0 Å².